The first-order valence-electron chi connectivity index (χ1n) is 8.60. The third-order valence-corrected chi connectivity index (χ3v) is 5.39. The Labute approximate surface area is 138 Å². The SMILES string of the molecule is CC(C)N1CC2C(COc3ccc(-c4ccccn4)cc3)C2C1. The summed E-state index contributed by atoms with van der Waals surface area (Å²) in [6.07, 6.45) is 1.83. The van der Waals surface area contributed by atoms with Crippen molar-refractivity contribution in [3.05, 3.63) is 48.7 Å². The van der Waals surface area contributed by atoms with E-state index >= 15 is 0 Å². The van der Waals surface area contributed by atoms with Crippen molar-refractivity contribution < 1.29 is 4.74 Å². The summed E-state index contributed by atoms with van der Waals surface area (Å²) in [7, 11) is 0. The number of benzene rings is 1. The Morgan fingerprint density at radius 1 is 1.09 bits per heavy atom. The molecule has 1 saturated heterocycles. The smallest absolute Gasteiger partial charge is 0.119 e. The van der Waals surface area contributed by atoms with Gasteiger partial charge in [0.25, 0.3) is 0 Å². The molecule has 1 aliphatic heterocycles. The van der Waals surface area contributed by atoms with Crippen molar-refractivity contribution in [2.75, 3.05) is 19.7 Å². The van der Waals surface area contributed by atoms with Crippen LogP contribution in [-0.2, 0) is 0 Å². The van der Waals surface area contributed by atoms with Crippen LogP contribution in [0.3, 0.4) is 0 Å². The number of aromatic nitrogens is 1. The molecule has 2 aliphatic rings. The second-order valence-corrected chi connectivity index (χ2v) is 7.09. The maximum atomic E-state index is 6.01. The lowest BCUT2D eigenvalue weighted by molar-refractivity contribution is 0.206. The summed E-state index contributed by atoms with van der Waals surface area (Å²) >= 11 is 0. The first-order valence-corrected chi connectivity index (χ1v) is 8.60. The second-order valence-electron chi connectivity index (χ2n) is 7.09. The molecule has 1 aromatic carbocycles. The number of fused-ring (bicyclic) bond motifs is 1. The summed E-state index contributed by atoms with van der Waals surface area (Å²) in [4.78, 5) is 6.97. The van der Waals surface area contributed by atoms with Crippen molar-refractivity contribution in [2.45, 2.75) is 19.9 Å². The molecule has 2 unspecified atom stereocenters. The largest absolute Gasteiger partial charge is 0.493 e. The van der Waals surface area contributed by atoms with Gasteiger partial charge < -0.3 is 9.64 Å². The van der Waals surface area contributed by atoms with Gasteiger partial charge in [0.1, 0.15) is 5.75 Å². The van der Waals surface area contributed by atoms with E-state index in [-0.39, 0.29) is 0 Å². The van der Waals surface area contributed by atoms with Gasteiger partial charge in [-0.1, -0.05) is 6.07 Å². The molecule has 0 N–H and O–H groups in total. The molecule has 4 rings (SSSR count). The molecule has 2 heterocycles. The fourth-order valence-electron chi connectivity index (χ4n) is 3.80. The van der Waals surface area contributed by atoms with Crippen molar-refractivity contribution in [2.24, 2.45) is 17.8 Å². The zero-order valence-electron chi connectivity index (χ0n) is 13.9. The monoisotopic (exact) mass is 308 g/mol. The molecule has 3 nitrogen and oxygen atoms in total. The predicted octanol–water partition coefficient (Wildman–Crippen LogP) is 3.71. The summed E-state index contributed by atoms with van der Waals surface area (Å²) in [5.74, 6) is 3.46. The van der Waals surface area contributed by atoms with Crippen LogP contribution < -0.4 is 4.74 Å². The summed E-state index contributed by atoms with van der Waals surface area (Å²) in [5, 5.41) is 0. The summed E-state index contributed by atoms with van der Waals surface area (Å²) in [5.41, 5.74) is 2.14. The van der Waals surface area contributed by atoms with E-state index in [9.17, 15) is 0 Å². The van der Waals surface area contributed by atoms with Crippen molar-refractivity contribution in [3.63, 3.8) is 0 Å². The second kappa shape index (κ2) is 5.97. The van der Waals surface area contributed by atoms with E-state index in [4.69, 9.17) is 4.74 Å². The molecule has 2 fully saturated rings. The Kier molecular flexibility index (Phi) is 3.82. The number of ether oxygens (including phenoxy) is 1. The Hall–Kier alpha value is -1.87. The fourth-order valence-corrected chi connectivity index (χ4v) is 3.80. The lowest BCUT2D eigenvalue weighted by Crippen LogP contribution is -2.31. The molecular weight excluding hydrogens is 284 g/mol. The topological polar surface area (TPSA) is 25.4 Å². The average Bonchev–Trinajstić information content (AvgIpc) is 3.03. The molecular formula is C20H24N2O. The number of hydrogen-bond acceptors (Lipinski definition) is 3. The van der Waals surface area contributed by atoms with Gasteiger partial charge in [0, 0.05) is 36.8 Å². The Morgan fingerprint density at radius 3 is 2.43 bits per heavy atom. The van der Waals surface area contributed by atoms with Crippen LogP contribution >= 0.6 is 0 Å². The fraction of sp³-hybridized carbons (Fsp3) is 0.450. The number of rotatable bonds is 5. The number of likely N-dealkylation sites (tertiary alicyclic amines) is 1. The Bertz CT molecular complexity index is 641. The Balaban J connectivity index is 1.30. The van der Waals surface area contributed by atoms with E-state index in [0.29, 0.717) is 6.04 Å². The van der Waals surface area contributed by atoms with Crippen LogP contribution in [0, 0.1) is 17.8 Å². The average molecular weight is 308 g/mol. The van der Waals surface area contributed by atoms with Crippen LogP contribution in [0.2, 0.25) is 0 Å². The molecule has 3 heteroatoms. The highest BCUT2D eigenvalue weighted by Crippen LogP contribution is 2.52. The minimum Gasteiger partial charge on any atom is -0.493 e. The highest BCUT2D eigenvalue weighted by Gasteiger charge is 2.56. The van der Waals surface area contributed by atoms with Gasteiger partial charge in [0.2, 0.25) is 0 Å². The van der Waals surface area contributed by atoms with E-state index in [1.165, 1.54) is 13.1 Å². The number of nitrogens with zero attached hydrogens (tertiary/aromatic N) is 2. The molecule has 23 heavy (non-hydrogen) atoms. The predicted molar refractivity (Wildman–Crippen MR) is 92.3 cm³/mol. The molecule has 2 atom stereocenters. The zero-order chi connectivity index (χ0) is 15.8. The zero-order valence-corrected chi connectivity index (χ0v) is 13.9. The van der Waals surface area contributed by atoms with E-state index in [1.54, 1.807) is 0 Å². The maximum Gasteiger partial charge on any atom is 0.119 e. The van der Waals surface area contributed by atoms with Gasteiger partial charge in [-0.15, -0.1) is 0 Å². The lowest BCUT2D eigenvalue weighted by atomic mass is 10.1. The van der Waals surface area contributed by atoms with Crippen molar-refractivity contribution in [1.29, 1.82) is 0 Å². The van der Waals surface area contributed by atoms with Gasteiger partial charge >= 0.3 is 0 Å². The molecule has 0 spiro atoms. The van der Waals surface area contributed by atoms with Crippen LogP contribution in [0.25, 0.3) is 11.3 Å². The van der Waals surface area contributed by atoms with Crippen LogP contribution in [0.5, 0.6) is 5.75 Å². The molecule has 2 aromatic rings. The van der Waals surface area contributed by atoms with Gasteiger partial charge in [0.15, 0.2) is 0 Å². The molecule has 0 amide bonds. The molecule has 1 saturated carbocycles. The maximum absolute atomic E-state index is 6.01. The molecule has 1 aromatic heterocycles. The minimum atomic E-state index is 0.684. The third-order valence-electron chi connectivity index (χ3n) is 5.39. The van der Waals surface area contributed by atoms with Gasteiger partial charge in [-0.3, -0.25) is 4.98 Å². The molecule has 120 valence electrons. The molecule has 0 bridgehead atoms. The van der Waals surface area contributed by atoms with Crippen molar-refractivity contribution in [3.8, 4) is 17.0 Å². The molecule has 1 aliphatic carbocycles. The summed E-state index contributed by atoms with van der Waals surface area (Å²) in [6, 6.07) is 15.0. The van der Waals surface area contributed by atoms with Crippen molar-refractivity contribution in [1.82, 2.24) is 9.88 Å². The number of hydrogen-bond donors (Lipinski definition) is 0. The number of pyridine rings is 1. The van der Waals surface area contributed by atoms with E-state index in [0.717, 1.165) is 41.4 Å². The summed E-state index contributed by atoms with van der Waals surface area (Å²) in [6.45, 7) is 7.97. The highest BCUT2D eigenvalue weighted by atomic mass is 16.5. The van der Waals surface area contributed by atoms with Gasteiger partial charge in [-0.2, -0.15) is 0 Å². The van der Waals surface area contributed by atoms with Gasteiger partial charge in [-0.05, 0) is 62.1 Å². The van der Waals surface area contributed by atoms with Crippen LogP contribution in [-0.4, -0.2) is 35.6 Å². The standard InChI is InChI=1S/C20H24N2O/c1-14(2)22-11-17-18(12-22)19(17)13-23-16-8-6-15(7-9-16)20-5-3-4-10-21-20/h3-10,14,17-19H,11-13H2,1-2H3. The third kappa shape index (κ3) is 2.98. The first-order chi connectivity index (χ1) is 11.2. The first kappa shape index (κ1) is 14.7. The van der Waals surface area contributed by atoms with Crippen LogP contribution in [0.15, 0.2) is 48.7 Å². The van der Waals surface area contributed by atoms with E-state index in [1.807, 2.05) is 24.4 Å². The number of piperidine rings is 1. The molecule has 0 radical (unpaired) electrons. The van der Waals surface area contributed by atoms with Crippen molar-refractivity contribution >= 4 is 0 Å². The van der Waals surface area contributed by atoms with Gasteiger partial charge in [-0.25, -0.2) is 0 Å². The quantitative estimate of drug-likeness (QED) is 0.842. The minimum absolute atomic E-state index is 0.684. The summed E-state index contributed by atoms with van der Waals surface area (Å²) < 4.78 is 6.01. The van der Waals surface area contributed by atoms with E-state index in [2.05, 4.69) is 48.0 Å². The normalized spacial score (nSPS) is 26.3. The van der Waals surface area contributed by atoms with Gasteiger partial charge in [0.05, 0.1) is 12.3 Å². The van der Waals surface area contributed by atoms with E-state index < -0.39 is 0 Å². The Morgan fingerprint density at radius 2 is 1.83 bits per heavy atom. The van der Waals surface area contributed by atoms with Crippen LogP contribution in [0.4, 0.5) is 0 Å². The lowest BCUT2D eigenvalue weighted by Gasteiger charge is -2.23. The van der Waals surface area contributed by atoms with Crippen LogP contribution in [0.1, 0.15) is 13.8 Å². The highest BCUT2D eigenvalue weighted by molar-refractivity contribution is 5.59.